The fourth-order valence-electron chi connectivity index (χ4n) is 4.22. The number of para-hydroxylation sites is 1. The van der Waals surface area contributed by atoms with Crippen LogP contribution in [-0.4, -0.2) is 62.4 Å². The van der Waals surface area contributed by atoms with E-state index in [0.717, 1.165) is 50.9 Å². The summed E-state index contributed by atoms with van der Waals surface area (Å²) in [6.45, 7) is 11.0. The molecule has 0 spiro atoms. The molecule has 6 nitrogen and oxygen atoms in total. The quantitative estimate of drug-likeness (QED) is 0.556. The van der Waals surface area contributed by atoms with Crippen LogP contribution in [0.2, 0.25) is 0 Å². The van der Waals surface area contributed by atoms with Gasteiger partial charge in [0.05, 0.1) is 19.2 Å². The molecule has 0 aliphatic carbocycles. The predicted octanol–water partition coefficient (Wildman–Crippen LogP) is 2.95. The first kappa shape index (κ1) is 20.9. The molecule has 0 aromatic heterocycles. The van der Waals surface area contributed by atoms with Gasteiger partial charge < -0.3 is 20.1 Å². The largest absolute Gasteiger partial charge is 0.487 e. The van der Waals surface area contributed by atoms with E-state index in [0.29, 0.717) is 6.04 Å². The van der Waals surface area contributed by atoms with E-state index in [1.54, 1.807) is 7.11 Å². The molecule has 156 valence electrons. The van der Waals surface area contributed by atoms with Crippen molar-refractivity contribution >= 4 is 5.96 Å². The molecule has 0 bridgehead atoms. The fourth-order valence-corrected chi connectivity index (χ4v) is 4.22. The average Bonchev–Trinajstić information content (AvgIpc) is 3.11. The Morgan fingerprint density at radius 1 is 1.36 bits per heavy atom. The first-order chi connectivity index (χ1) is 13.5. The Balaban J connectivity index is 1.69. The maximum atomic E-state index is 6.17. The number of likely N-dealkylation sites (tertiary alicyclic amines) is 1. The lowest BCUT2D eigenvalue weighted by atomic mass is 9.90. The van der Waals surface area contributed by atoms with Crippen molar-refractivity contribution in [3.8, 4) is 5.75 Å². The minimum atomic E-state index is -0.203. The highest BCUT2D eigenvalue weighted by Gasteiger charge is 2.34. The summed E-state index contributed by atoms with van der Waals surface area (Å²) in [4.78, 5) is 7.44. The van der Waals surface area contributed by atoms with E-state index in [4.69, 9.17) is 14.5 Å². The van der Waals surface area contributed by atoms with Crippen LogP contribution in [0.1, 0.15) is 51.6 Å². The first-order valence-electron chi connectivity index (χ1n) is 10.6. The highest BCUT2D eigenvalue weighted by atomic mass is 16.5. The smallest absolute Gasteiger partial charge is 0.191 e. The molecule has 3 rings (SSSR count). The van der Waals surface area contributed by atoms with Gasteiger partial charge in [0.15, 0.2) is 5.96 Å². The number of hydrogen-bond donors (Lipinski definition) is 2. The molecule has 2 heterocycles. The van der Waals surface area contributed by atoms with Crippen LogP contribution in [0.25, 0.3) is 0 Å². The molecule has 1 fully saturated rings. The van der Waals surface area contributed by atoms with Gasteiger partial charge in [0.2, 0.25) is 0 Å². The molecule has 1 saturated heterocycles. The van der Waals surface area contributed by atoms with Crippen LogP contribution in [0, 0.1) is 0 Å². The first-order valence-corrected chi connectivity index (χ1v) is 10.6. The van der Waals surface area contributed by atoms with E-state index < -0.39 is 0 Å². The molecule has 2 N–H and O–H groups in total. The average molecular weight is 389 g/mol. The number of ether oxygens (including phenoxy) is 2. The van der Waals surface area contributed by atoms with E-state index in [-0.39, 0.29) is 11.6 Å². The Labute approximate surface area is 169 Å². The zero-order valence-corrected chi connectivity index (χ0v) is 17.8. The van der Waals surface area contributed by atoms with Gasteiger partial charge in [-0.05, 0) is 46.2 Å². The highest BCUT2D eigenvalue weighted by molar-refractivity contribution is 5.80. The monoisotopic (exact) mass is 388 g/mol. The fraction of sp³-hybridized carbons (Fsp3) is 0.682. The Bertz CT molecular complexity index is 662. The van der Waals surface area contributed by atoms with Crippen LogP contribution in [0.15, 0.2) is 29.3 Å². The second-order valence-corrected chi connectivity index (χ2v) is 8.35. The van der Waals surface area contributed by atoms with Gasteiger partial charge in [-0.15, -0.1) is 0 Å². The molecule has 0 amide bonds. The topological polar surface area (TPSA) is 58.1 Å². The molecule has 0 radical (unpaired) electrons. The summed E-state index contributed by atoms with van der Waals surface area (Å²) in [6, 6.07) is 9.00. The standard InChI is InChI=1S/C22H36N4O2/c1-5-23-21(24-16-17-9-8-12-26(17)13-14-27-4)25-19-15-22(2,3)28-20-11-7-6-10-18(19)20/h6-7,10-11,17,19H,5,8-9,12-16H2,1-4H3,(H2,23,24,25). The van der Waals surface area contributed by atoms with Crippen molar-refractivity contribution < 1.29 is 9.47 Å². The minimum absolute atomic E-state index is 0.186. The van der Waals surface area contributed by atoms with Gasteiger partial charge in [0.1, 0.15) is 11.4 Å². The Hall–Kier alpha value is -1.79. The number of methoxy groups -OCH3 is 1. The second-order valence-electron chi connectivity index (χ2n) is 8.35. The molecule has 1 aromatic rings. The van der Waals surface area contributed by atoms with E-state index in [2.05, 4.69) is 54.5 Å². The lowest BCUT2D eigenvalue weighted by Gasteiger charge is -2.38. The van der Waals surface area contributed by atoms with Crippen molar-refractivity contribution in [2.24, 2.45) is 4.99 Å². The Morgan fingerprint density at radius 2 is 2.18 bits per heavy atom. The van der Waals surface area contributed by atoms with E-state index in [1.807, 2.05) is 6.07 Å². The van der Waals surface area contributed by atoms with Crippen LogP contribution in [0.3, 0.4) is 0 Å². The molecule has 28 heavy (non-hydrogen) atoms. The van der Waals surface area contributed by atoms with E-state index in [9.17, 15) is 0 Å². The summed E-state index contributed by atoms with van der Waals surface area (Å²) in [5.74, 6) is 1.85. The van der Waals surface area contributed by atoms with Crippen molar-refractivity contribution in [3.63, 3.8) is 0 Å². The summed E-state index contributed by atoms with van der Waals surface area (Å²) in [7, 11) is 1.77. The molecule has 6 heteroatoms. The van der Waals surface area contributed by atoms with Crippen LogP contribution in [0.5, 0.6) is 5.75 Å². The van der Waals surface area contributed by atoms with Gasteiger partial charge in [0.25, 0.3) is 0 Å². The number of fused-ring (bicyclic) bond motifs is 1. The number of aliphatic imine (C=N–C) groups is 1. The van der Waals surface area contributed by atoms with Gasteiger partial charge in [-0.3, -0.25) is 9.89 Å². The summed E-state index contributed by atoms with van der Waals surface area (Å²) in [5.41, 5.74) is 1.00. The zero-order valence-electron chi connectivity index (χ0n) is 17.8. The number of nitrogens with one attached hydrogen (secondary N) is 2. The van der Waals surface area contributed by atoms with Crippen LogP contribution >= 0.6 is 0 Å². The van der Waals surface area contributed by atoms with Gasteiger partial charge in [-0.1, -0.05) is 18.2 Å². The van der Waals surface area contributed by atoms with Crippen LogP contribution < -0.4 is 15.4 Å². The summed E-state index contributed by atoms with van der Waals surface area (Å²) >= 11 is 0. The molecule has 0 saturated carbocycles. The molecule has 2 aliphatic heterocycles. The number of rotatable bonds is 7. The van der Waals surface area contributed by atoms with Gasteiger partial charge in [-0.2, -0.15) is 0 Å². The van der Waals surface area contributed by atoms with Crippen LogP contribution in [0.4, 0.5) is 0 Å². The number of hydrogen-bond acceptors (Lipinski definition) is 4. The van der Waals surface area contributed by atoms with Crippen molar-refractivity contribution in [3.05, 3.63) is 29.8 Å². The van der Waals surface area contributed by atoms with Crippen molar-refractivity contribution in [2.75, 3.05) is 39.9 Å². The summed E-state index contributed by atoms with van der Waals surface area (Å²) < 4.78 is 11.4. The lowest BCUT2D eigenvalue weighted by Crippen LogP contribution is -2.46. The normalized spacial score (nSPS) is 24.5. The second kappa shape index (κ2) is 9.61. The van der Waals surface area contributed by atoms with E-state index >= 15 is 0 Å². The summed E-state index contributed by atoms with van der Waals surface area (Å²) in [5, 5.41) is 7.09. The van der Waals surface area contributed by atoms with Crippen LogP contribution in [-0.2, 0) is 4.74 Å². The molecular formula is C22H36N4O2. The van der Waals surface area contributed by atoms with Gasteiger partial charge >= 0.3 is 0 Å². The Kier molecular flexibility index (Phi) is 7.18. The maximum absolute atomic E-state index is 6.17. The van der Waals surface area contributed by atoms with Crippen molar-refractivity contribution in [1.82, 2.24) is 15.5 Å². The maximum Gasteiger partial charge on any atom is 0.191 e. The molecule has 2 unspecified atom stereocenters. The summed E-state index contributed by atoms with van der Waals surface area (Å²) in [6.07, 6.45) is 3.35. The minimum Gasteiger partial charge on any atom is -0.487 e. The third-order valence-corrected chi connectivity index (χ3v) is 5.57. The lowest BCUT2D eigenvalue weighted by molar-refractivity contribution is 0.0694. The van der Waals surface area contributed by atoms with Crippen molar-refractivity contribution in [1.29, 1.82) is 0 Å². The number of benzene rings is 1. The molecule has 2 atom stereocenters. The predicted molar refractivity (Wildman–Crippen MR) is 114 cm³/mol. The number of guanidine groups is 1. The third-order valence-electron chi connectivity index (χ3n) is 5.57. The number of nitrogens with zero attached hydrogens (tertiary/aromatic N) is 2. The molecule has 2 aliphatic rings. The van der Waals surface area contributed by atoms with Gasteiger partial charge in [0, 0.05) is 38.2 Å². The molecular weight excluding hydrogens is 352 g/mol. The highest BCUT2D eigenvalue weighted by Crippen LogP contribution is 2.39. The van der Waals surface area contributed by atoms with Crippen molar-refractivity contribution in [2.45, 2.75) is 57.7 Å². The third kappa shape index (κ3) is 5.39. The molecule has 1 aromatic carbocycles. The Morgan fingerprint density at radius 3 is 2.96 bits per heavy atom. The van der Waals surface area contributed by atoms with E-state index in [1.165, 1.54) is 18.4 Å². The SMILES string of the molecule is CCNC(=NCC1CCCN1CCOC)NC1CC(C)(C)Oc2ccccc21. The van der Waals surface area contributed by atoms with Gasteiger partial charge in [-0.25, -0.2) is 0 Å². The zero-order chi connectivity index (χ0) is 20.0.